The van der Waals surface area contributed by atoms with Crippen LogP contribution in [-0.2, 0) is 19.1 Å². The molecule has 0 aliphatic rings. The van der Waals surface area contributed by atoms with E-state index in [2.05, 4.69) is 4.74 Å². The average molecular weight is 280 g/mol. The van der Waals surface area contributed by atoms with Crippen LogP contribution in [0.2, 0.25) is 0 Å². The summed E-state index contributed by atoms with van der Waals surface area (Å²) in [6, 6.07) is 0. The van der Waals surface area contributed by atoms with Crippen molar-refractivity contribution in [1.82, 2.24) is 0 Å². The van der Waals surface area contributed by atoms with Crippen LogP contribution in [0.25, 0.3) is 0 Å². The summed E-state index contributed by atoms with van der Waals surface area (Å²) in [5, 5.41) is 0. The molecular formula is C5H6O4Sm. The molecule has 0 aromatic heterocycles. The molecule has 0 spiro atoms. The van der Waals surface area contributed by atoms with Gasteiger partial charge >= 0.3 is 11.9 Å². The van der Waals surface area contributed by atoms with Gasteiger partial charge in [0.05, 0.1) is 0 Å². The van der Waals surface area contributed by atoms with Gasteiger partial charge in [0.1, 0.15) is 0 Å². The van der Waals surface area contributed by atoms with Crippen molar-refractivity contribution in [3.8, 4) is 0 Å². The summed E-state index contributed by atoms with van der Waals surface area (Å²) in [7, 11) is 0. The van der Waals surface area contributed by atoms with Gasteiger partial charge in [-0.15, -0.1) is 0 Å². The quantitative estimate of drug-likeness (QED) is 0.375. The molecule has 0 fully saturated rings. The van der Waals surface area contributed by atoms with Gasteiger partial charge < -0.3 is 4.74 Å². The number of hydrogen-bond donors (Lipinski definition) is 0. The fraction of sp³-hybridized carbons (Fsp3) is 0.400. The maximum atomic E-state index is 10.2. The Labute approximate surface area is 90.4 Å². The predicted octanol–water partition coefficient (Wildman–Crippen LogP) is -0.335. The van der Waals surface area contributed by atoms with Gasteiger partial charge in [-0.1, -0.05) is 0 Å². The Balaban J connectivity index is 0. The fourth-order valence-electron chi connectivity index (χ4n) is 0.202. The molecule has 0 saturated carbocycles. The minimum atomic E-state index is -1.11. The number of carbonyl (C=O) groups excluding carboxylic acids is 3. The molecule has 0 heterocycles. The number of rotatable bonds is 1. The van der Waals surface area contributed by atoms with Crippen LogP contribution in [-0.4, -0.2) is 17.7 Å². The maximum absolute atomic E-state index is 10.2. The summed E-state index contributed by atoms with van der Waals surface area (Å²) >= 11 is 0. The molecule has 5 heteroatoms. The molecule has 0 saturated heterocycles. The second-order valence-corrected chi connectivity index (χ2v) is 1.44. The van der Waals surface area contributed by atoms with Gasteiger partial charge in [-0.2, -0.15) is 0 Å². The molecular weight excluding hydrogens is 274 g/mol. The zero-order valence-corrected chi connectivity index (χ0v) is 8.16. The van der Waals surface area contributed by atoms with E-state index in [9.17, 15) is 14.4 Å². The number of esters is 2. The third-order valence-electron chi connectivity index (χ3n) is 0.524. The Hall–Kier alpha value is 0.148. The van der Waals surface area contributed by atoms with Crippen LogP contribution in [0.5, 0.6) is 0 Å². The molecule has 0 aliphatic carbocycles. The molecule has 0 radical (unpaired) electrons. The number of ketones is 1. The van der Waals surface area contributed by atoms with Crippen molar-refractivity contribution in [2.24, 2.45) is 0 Å². The van der Waals surface area contributed by atoms with E-state index in [4.69, 9.17) is 0 Å². The topological polar surface area (TPSA) is 60.4 Å². The summed E-state index contributed by atoms with van der Waals surface area (Å²) in [4.78, 5) is 30.2. The van der Waals surface area contributed by atoms with Gasteiger partial charge in [0.2, 0.25) is 5.78 Å². The van der Waals surface area contributed by atoms with Gasteiger partial charge in [0.15, 0.2) is 0 Å². The number of ether oxygens (including phenoxy) is 1. The minimum absolute atomic E-state index is 0. The molecule has 4 nitrogen and oxygen atoms in total. The van der Waals surface area contributed by atoms with Crippen LogP contribution >= 0.6 is 0 Å². The second kappa shape index (κ2) is 5.90. The molecule has 0 rings (SSSR count). The largest absolute Gasteiger partial charge is 0.387 e. The molecule has 56 valence electrons. The van der Waals surface area contributed by atoms with Crippen LogP contribution in [0.15, 0.2) is 0 Å². The molecule has 0 N–H and O–H groups in total. The molecule has 0 unspecified atom stereocenters. The second-order valence-electron chi connectivity index (χ2n) is 1.44. The van der Waals surface area contributed by atoms with Gasteiger partial charge in [-0.25, -0.2) is 4.79 Å². The Bertz CT molecular complexity index is 163. The van der Waals surface area contributed by atoms with Crippen LogP contribution < -0.4 is 0 Å². The maximum Gasteiger partial charge on any atom is 0.381 e. The Kier molecular flexibility index (Phi) is 7.54. The minimum Gasteiger partial charge on any atom is -0.387 e. The van der Waals surface area contributed by atoms with Crippen LogP contribution in [0.3, 0.4) is 0 Å². The van der Waals surface area contributed by atoms with E-state index in [1.165, 1.54) is 0 Å². The summed E-state index contributed by atoms with van der Waals surface area (Å²) < 4.78 is 3.88. The van der Waals surface area contributed by atoms with Gasteiger partial charge in [0.25, 0.3) is 0 Å². The zero-order chi connectivity index (χ0) is 7.44. The van der Waals surface area contributed by atoms with E-state index in [1.54, 1.807) is 0 Å². The smallest absolute Gasteiger partial charge is 0.381 e. The normalized spacial score (nSPS) is 7.40. The van der Waals surface area contributed by atoms with E-state index in [0.29, 0.717) is 0 Å². The van der Waals surface area contributed by atoms with Crippen molar-refractivity contribution in [2.45, 2.75) is 13.8 Å². The van der Waals surface area contributed by atoms with Crippen LogP contribution in [0.4, 0.5) is 0 Å². The van der Waals surface area contributed by atoms with Crippen molar-refractivity contribution in [3.63, 3.8) is 0 Å². The third kappa shape index (κ3) is 6.27. The summed E-state index contributed by atoms with van der Waals surface area (Å²) in [5.41, 5.74) is 0. The molecule has 10 heavy (non-hydrogen) atoms. The van der Waals surface area contributed by atoms with Crippen molar-refractivity contribution in [3.05, 3.63) is 0 Å². The van der Waals surface area contributed by atoms with E-state index in [0.717, 1.165) is 13.8 Å². The van der Waals surface area contributed by atoms with Crippen LogP contribution in [0, 0.1) is 40.4 Å². The molecule has 0 bridgehead atoms. The van der Waals surface area contributed by atoms with E-state index >= 15 is 0 Å². The molecule has 0 atom stereocenters. The Morgan fingerprint density at radius 3 is 1.60 bits per heavy atom. The first kappa shape index (κ1) is 12.8. The van der Waals surface area contributed by atoms with Crippen molar-refractivity contribution < 1.29 is 59.5 Å². The summed E-state index contributed by atoms with van der Waals surface area (Å²) in [5.74, 6) is -2.65. The summed E-state index contributed by atoms with van der Waals surface area (Å²) in [6.45, 7) is 2.09. The zero-order valence-electron chi connectivity index (χ0n) is 5.54. The SMILES string of the molecule is CC(=O)OC(=O)C(C)=O.[Sm]. The fourth-order valence-corrected chi connectivity index (χ4v) is 0.202. The number of carbonyl (C=O) groups is 3. The Morgan fingerprint density at radius 1 is 1.10 bits per heavy atom. The van der Waals surface area contributed by atoms with Gasteiger partial charge in [0, 0.05) is 54.2 Å². The molecule has 0 aromatic carbocycles. The molecule has 0 amide bonds. The number of Topliss-reactive ketones (excluding diaryl/α,β-unsaturated/α-hetero) is 1. The monoisotopic (exact) mass is 282 g/mol. The average Bonchev–Trinajstić information content (AvgIpc) is 1.63. The number of hydrogen-bond acceptors (Lipinski definition) is 4. The van der Waals surface area contributed by atoms with E-state index in [1.807, 2.05) is 0 Å². The van der Waals surface area contributed by atoms with E-state index in [-0.39, 0.29) is 40.4 Å². The summed E-state index contributed by atoms with van der Waals surface area (Å²) in [6.07, 6.45) is 0. The molecule has 0 aliphatic heterocycles. The van der Waals surface area contributed by atoms with Crippen molar-refractivity contribution in [2.75, 3.05) is 0 Å². The van der Waals surface area contributed by atoms with Crippen molar-refractivity contribution in [1.29, 1.82) is 0 Å². The third-order valence-corrected chi connectivity index (χ3v) is 0.524. The first-order chi connectivity index (χ1) is 4.04. The predicted molar refractivity (Wildman–Crippen MR) is 27.5 cm³/mol. The standard InChI is InChI=1S/C5H6O4.Sm/c1-3(6)5(8)9-4(2)7;/h1-2H3;. The van der Waals surface area contributed by atoms with Crippen molar-refractivity contribution >= 4 is 17.7 Å². The van der Waals surface area contributed by atoms with Gasteiger partial charge in [-0.3, -0.25) is 9.59 Å². The first-order valence-corrected chi connectivity index (χ1v) is 2.27. The first-order valence-electron chi connectivity index (χ1n) is 2.27. The Morgan fingerprint density at radius 2 is 1.50 bits per heavy atom. The van der Waals surface area contributed by atoms with Crippen LogP contribution in [0.1, 0.15) is 13.8 Å². The molecule has 0 aromatic rings. The van der Waals surface area contributed by atoms with E-state index < -0.39 is 17.7 Å². The van der Waals surface area contributed by atoms with Gasteiger partial charge in [-0.05, 0) is 0 Å².